The van der Waals surface area contributed by atoms with Gasteiger partial charge in [0.1, 0.15) is 17.2 Å². The minimum absolute atomic E-state index is 0.162. The number of rotatable bonds is 2. The van der Waals surface area contributed by atoms with Gasteiger partial charge >= 0.3 is 6.09 Å². The van der Waals surface area contributed by atoms with Crippen LogP contribution >= 0.6 is 0 Å². The molecule has 0 bridgehead atoms. The molecule has 2 heterocycles. The molecule has 1 aromatic heterocycles. The first kappa shape index (κ1) is 15.6. The number of Topliss-reactive ketones (excluding diaryl/α,β-unsaturated/α-hetero) is 1. The Morgan fingerprint density at radius 2 is 2.00 bits per heavy atom. The van der Waals surface area contributed by atoms with Gasteiger partial charge in [-0.15, -0.1) is 0 Å². The van der Waals surface area contributed by atoms with Crippen LogP contribution in [0.2, 0.25) is 0 Å². The lowest BCUT2D eigenvalue weighted by Gasteiger charge is -2.27. The van der Waals surface area contributed by atoms with E-state index in [4.69, 9.17) is 9.15 Å². The number of amides is 1. The summed E-state index contributed by atoms with van der Waals surface area (Å²) in [4.78, 5) is 26.6. The predicted molar refractivity (Wildman–Crippen MR) is 86.5 cm³/mol. The van der Waals surface area contributed by atoms with Gasteiger partial charge in [-0.25, -0.2) is 4.79 Å². The Morgan fingerprint density at radius 3 is 2.70 bits per heavy atom. The molecular weight excluding hydrogens is 294 g/mol. The molecule has 1 atom stereocenters. The molecule has 0 saturated carbocycles. The molecule has 5 nitrogen and oxygen atoms in total. The van der Waals surface area contributed by atoms with E-state index >= 15 is 0 Å². The Labute approximate surface area is 135 Å². The normalized spacial score (nSPS) is 18.4. The number of benzene rings is 1. The van der Waals surface area contributed by atoms with E-state index in [1.54, 1.807) is 6.07 Å². The van der Waals surface area contributed by atoms with Gasteiger partial charge in [0.2, 0.25) is 5.78 Å². The second-order valence-corrected chi connectivity index (χ2v) is 6.84. The number of furan rings is 1. The summed E-state index contributed by atoms with van der Waals surface area (Å²) in [6.45, 7) is 5.98. The number of carbonyl (C=O) groups excluding carboxylic acids is 2. The number of para-hydroxylation sites is 1. The maximum absolute atomic E-state index is 12.8. The minimum Gasteiger partial charge on any atom is -0.453 e. The summed E-state index contributed by atoms with van der Waals surface area (Å²) in [5.74, 6) is 0.135. The second kappa shape index (κ2) is 5.72. The molecule has 5 heteroatoms. The number of fused-ring (bicyclic) bond motifs is 1. The van der Waals surface area contributed by atoms with E-state index in [9.17, 15) is 9.59 Å². The minimum atomic E-state index is -0.577. The number of nitrogens with zero attached hydrogens (tertiary/aromatic N) is 1. The van der Waals surface area contributed by atoms with Crippen LogP contribution in [0.5, 0.6) is 0 Å². The van der Waals surface area contributed by atoms with E-state index in [1.807, 2.05) is 45.0 Å². The summed E-state index contributed by atoms with van der Waals surface area (Å²) in [5, 5.41) is 0.887. The van der Waals surface area contributed by atoms with E-state index < -0.39 is 17.7 Å². The highest BCUT2D eigenvalue weighted by Crippen LogP contribution is 2.26. The number of hydrogen-bond acceptors (Lipinski definition) is 4. The van der Waals surface area contributed by atoms with Gasteiger partial charge in [-0.1, -0.05) is 18.2 Å². The molecule has 1 unspecified atom stereocenters. The fourth-order valence-corrected chi connectivity index (χ4v) is 2.85. The first-order valence-corrected chi connectivity index (χ1v) is 7.87. The van der Waals surface area contributed by atoms with E-state index in [0.717, 1.165) is 11.8 Å². The number of ether oxygens (including phenoxy) is 1. The Balaban J connectivity index is 1.81. The summed E-state index contributed by atoms with van der Waals surface area (Å²) in [6.07, 6.45) is 0.981. The molecule has 1 aromatic carbocycles. The van der Waals surface area contributed by atoms with Crippen molar-refractivity contribution < 1.29 is 18.7 Å². The summed E-state index contributed by atoms with van der Waals surface area (Å²) in [6, 6.07) is 8.72. The standard InChI is InChI=1S/C18H21NO4/c1-18(2,3)23-17(21)19-10-6-8-13(19)16(20)15-11-12-7-4-5-9-14(12)22-15/h4-5,7,9,11,13H,6,8,10H2,1-3H3. The van der Waals surface area contributed by atoms with Gasteiger partial charge in [0.15, 0.2) is 5.76 Å². The Morgan fingerprint density at radius 1 is 1.26 bits per heavy atom. The quantitative estimate of drug-likeness (QED) is 0.785. The van der Waals surface area contributed by atoms with E-state index in [1.165, 1.54) is 4.90 Å². The molecule has 1 amide bonds. The van der Waals surface area contributed by atoms with Crippen molar-refractivity contribution in [2.24, 2.45) is 0 Å². The molecule has 2 aromatic rings. The molecule has 122 valence electrons. The maximum Gasteiger partial charge on any atom is 0.410 e. The molecule has 1 fully saturated rings. The molecule has 1 aliphatic heterocycles. The molecule has 3 rings (SSSR count). The average molecular weight is 315 g/mol. The van der Waals surface area contributed by atoms with Crippen LogP contribution < -0.4 is 0 Å². The zero-order valence-corrected chi connectivity index (χ0v) is 13.7. The highest BCUT2D eigenvalue weighted by atomic mass is 16.6. The van der Waals surface area contributed by atoms with Gasteiger partial charge in [-0.3, -0.25) is 9.69 Å². The first-order valence-electron chi connectivity index (χ1n) is 7.87. The van der Waals surface area contributed by atoms with Crippen molar-refractivity contribution in [1.82, 2.24) is 4.90 Å². The number of likely N-dealkylation sites (tertiary alicyclic amines) is 1. The molecule has 0 spiro atoms. The average Bonchev–Trinajstić information content (AvgIpc) is 3.11. The number of carbonyl (C=O) groups is 2. The summed E-state index contributed by atoms with van der Waals surface area (Å²) in [7, 11) is 0. The van der Waals surface area contributed by atoms with Crippen LogP contribution in [-0.4, -0.2) is 35.0 Å². The predicted octanol–water partition coefficient (Wildman–Crippen LogP) is 4.02. The van der Waals surface area contributed by atoms with E-state index in [0.29, 0.717) is 24.3 Å². The highest BCUT2D eigenvalue weighted by molar-refractivity contribution is 6.02. The Hall–Kier alpha value is -2.30. The molecule has 0 N–H and O–H groups in total. The smallest absolute Gasteiger partial charge is 0.410 e. The van der Waals surface area contributed by atoms with Crippen molar-refractivity contribution in [1.29, 1.82) is 0 Å². The van der Waals surface area contributed by atoms with Crippen LogP contribution in [0, 0.1) is 0 Å². The molecular formula is C18H21NO4. The summed E-state index contributed by atoms with van der Waals surface area (Å²) < 4.78 is 11.0. The van der Waals surface area contributed by atoms with Crippen LogP contribution in [0.4, 0.5) is 4.79 Å². The monoisotopic (exact) mass is 315 g/mol. The molecule has 1 saturated heterocycles. The van der Waals surface area contributed by atoms with Gasteiger partial charge < -0.3 is 9.15 Å². The van der Waals surface area contributed by atoms with Crippen molar-refractivity contribution >= 4 is 22.8 Å². The van der Waals surface area contributed by atoms with Crippen LogP contribution in [-0.2, 0) is 4.74 Å². The Kier molecular flexibility index (Phi) is 3.88. The van der Waals surface area contributed by atoms with Crippen LogP contribution in [0.15, 0.2) is 34.7 Å². The third-order valence-electron chi connectivity index (χ3n) is 3.85. The van der Waals surface area contributed by atoms with Crippen molar-refractivity contribution in [3.05, 3.63) is 36.1 Å². The van der Waals surface area contributed by atoms with Crippen molar-refractivity contribution in [3.63, 3.8) is 0 Å². The lowest BCUT2D eigenvalue weighted by molar-refractivity contribution is 0.0220. The third-order valence-corrected chi connectivity index (χ3v) is 3.85. The summed E-state index contributed by atoms with van der Waals surface area (Å²) >= 11 is 0. The summed E-state index contributed by atoms with van der Waals surface area (Å²) in [5.41, 5.74) is 0.102. The van der Waals surface area contributed by atoms with Crippen molar-refractivity contribution in [2.45, 2.75) is 45.3 Å². The van der Waals surface area contributed by atoms with Gasteiger partial charge in [0.05, 0.1) is 0 Å². The fourth-order valence-electron chi connectivity index (χ4n) is 2.85. The zero-order valence-electron chi connectivity index (χ0n) is 13.7. The van der Waals surface area contributed by atoms with Crippen molar-refractivity contribution in [2.75, 3.05) is 6.54 Å². The fraction of sp³-hybridized carbons (Fsp3) is 0.444. The molecule has 23 heavy (non-hydrogen) atoms. The molecule has 0 radical (unpaired) electrons. The molecule has 0 aliphatic carbocycles. The van der Waals surface area contributed by atoms with Gasteiger partial charge in [-0.05, 0) is 45.7 Å². The van der Waals surface area contributed by atoms with Crippen molar-refractivity contribution in [3.8, 4) is 0 Å². The second-order valence-electron chi connectivity index (χ2n) is 6.84. The topological polar surface area (TPSA) is 59.8 Å². The SMILES string of the molecule is CC(C)(C)OC(=O)N1CCCC1C(=O)c1cc2ccccc2o1. The maximum atomic E-state index is 12.8. The van der Waals surface area contributed by atoms with Crippen LogP contribution in [0.3, 0.4) is 0 Å². The third kappa shape index (κ3) is 3.23. The van der Waals surface area contributed by atoms with Crippen LogP contribution in [0.25, 0.3) is 11.0 Å². The van der Waals surface area contributed by atoms with Gasteiger partial charge in [-0.2, -0.15) is 0 Å². The van der Waals surface area contributed by atoms with Crippen LogP contribution in [0.1, 0.15) is 44.2 Å². The number of hydrogen-bond donors (Lipinski definition) is 0. The largest absolute Gasteiger partial charge is 0.453 e. The number of ketones is 1. The lowest BCUT2D eigenvalue weighted by atomic mass is 10.1. The van der Waals surface area contributed by atoms with E-state index in [2.05, 4.69) is 0 Å². The lowest BCUT2D eigenvalue weighted by Crippen LogP contribution is -2.43. The van der Waals surface area contributed by atoms with Gasteiger partial charge in [0, 0.05) is 11.9 Å². The van der Waals surface area contributed by atoms with E-state index in [-0.39, 0.29) is 5.78 Å². The van der Waals surface area contributed by atoms with Gasteiger partial charge in [0.25, 0.3) is 0 Å². The first-order chi connectivity index (χ1) is 10.8. The molecule has 1 aliphatic rings. The Bertz CT molecular complexity index is 708. The zero-order chi connectivity index (χ0) is 16.6. The highest BCUT2D eigenvalue weighted by Gasteiger charge is 2.38.